The van der Waals surface area contributed by atoms with E-state index in [1.165, 1.54) is 19.1 Å². The first kappa shape index (κ1) is 28.0. The predicted molar refractivity (Wildman–Crippen MR) is 143 cm³/mol. The summed E-state index contributed by atoms with van der Waals surface area (Å²) < 4.78 is 47.5. The number of rotatable bonds is 6. The molecule has 12 heteroatoms. The van der Waals surface area contributed by atoms with E-state index in [0.29, 0.717) is 50.7 Å². The van der Waals surface area contributed by atoms with Crippen LogP contribution in [-0.4, -0.2) is 84.1 Å². The Labute approximate surface area is 232 Å². The van der Waals surface area contributed by atoms with E-state index in [0.717, 1.165) is 31.0 Å². The second-order valence-corrected chi connectivity index (χ2v) is 10.7. The van der Waals surface area contributed by atoms with Gasteiger partial charge in [-0.1, -0.05) is 12.1 Å². The van der Waals surface area contributed by atoms with Crippen molar-refractivity contribution >= 4 is 17.4 Å². The van der Waals surface area contributed by atoms with Crippen LogP contribution in [0, 0.1) is 11.3 Å². The number of halogens is 3. The summed E-state index contributed by atoms with van der Waals surface area (Å²) in [7, 11) is 2.06. The molecule has 0 N–H and O–H groups in total. The van der Waals surface area contributed by atoms with E-state index >= 15 is 0 Å². The molecule has 2 fully saturated rings. The summed E-state index contributed by atoms with van der Waals surface area (Å²) in [6, 6.07) is 7.96. The number of anilines is 2. The molecular weight excluding hydrogens is 523 g/mol. The molecule has 3 aliphatic heterocycles. The molecule has 0 aliphatic carbocycles. The number of nitriles is 1. The lowest BCUT2D eigenvalue weighted by Crippen LogP contribution is -2.55. The fourth-order valence-corrected chi connectivity index (χ4v) is 6.01. The smallest absolute Gasteiger partial charge is 0.418 e. The largest absolute Gasteiger partial charge is 0.462 e. The molecule has 2 saturated heterocycles. The summed E-state index contributed by atoms with van der Waals surface area (Å²) in [6.07, 6.45) is -1.71. The standard InChI is InChI=1S/C28H34F3N7O2/c1-19(39)38-15-14-37(16-20(38)9-11-32)26-22-10-13-36(25-8-4-3-7-23(25)28(29,30)31)17-24(22)33-27(34-26)40-18-21-6-5-12-35(21)2/h3-4,7-8,20-21H,5-6,9-10,12-18H2,1-2H3/t20-,21-/m0/s1. The van der Waals surface area contributed by atoms with Crippen LogP contribution in [0.2, 0.25) is 0 Å². The minimum Gasteiger partial charge on any atom is -0.462 e. The van der Waals surface area contributed by atoms with Crippen molar-refractivity contribution in [2.75, 3.05) is 56.2 Å². The van der Waals surface area contributed by atoms with Crippen LogP contribution in [0.3, 0.4) is 0 Å². The van der Waals surface area contributed by atoms with Gasteiger partial charge >= 0.3 is 12.2 Å². The number of nitrogens with zero attached hydrogens (tertiary/aromatic N) is 7. The average Bonchev–Trinajstić information content (AvgIpc) is 3.35. The van der Waals surface area contributed by atoms with Gasteiger partial charge in [-0.05, 0) is 45.0 Å². The van der Waals surface area contributed by atoms with Gasteiger partial charge in [0, 0.05) is 50.4 Å². The number of carbonyl (C=O) groups is 1. The van der Waals surface area contributed by atoms with Crippen LogP contribution in [0.1, 0.15) is 43.0 Å². The lowest BCUT2D eigenvalue weighted by Gasteiger charge is -2.42. The zero-order valence-corrected chi connectivity index (χ0v) is 22.8. The van der Waals surface area contributed by atoms with Crippen LogP contribution < -0.4 is 14.5 Å². The molecule has 1 aromatic heterocycles. The van der Waals surface area contributed by atoms with Crippen molar-refractivity contribution in [2.45, 2.75) is 57.4 Å². The van der Waals surface area contributed by atoms with Crippen molar-refractivity contribution in [3.63, 3.8) is 0 Å². The molecule has 2 aromatic rings. The maximum absolute atomic E-state index is 13.8. The number of carbonyl (C=O) groups excluding carboxylic acids is 1. The Balaban J connectivity index is 1.47. The summed E-state index contributed by atoms with van der Waals surface area (Å²) >= 11 is 0. The van der Waals surface area contributed by atoms with E-state index in [9.17, 15) is 23.2 Å². The number of hydrogen-bond donors (Lipinski definition) is 0. The Morgan fingerprint density at radius 2 is 1.93 bits per heavy atom. The number of likely N-dealkylation sites (N-methyl/N-ethyl adjacent to an activating group) is 1. The van der Waals surface area contributed by atoms with Crippen LogP contribution in [0.5, 0.6) is 6.01 Å². The predicted octanol–water partition coefficient (Wildman–Crippen LogP) is 3.48. The average molecular weight is 558 g/mol. The molecule has 0 saturated carbocycles. The molecule has 5 rings (SSSR count). The van der Waals surface area contributed by atoms with Gasteiger partial charge < -0.3 is 24.3 Å². The minimum absolute atomic E-state index is 0.0757. The first-order valence-electron chi connectivity index (χ1n) is 13.7. The van der Waals surface area contributed by atoms with E-state index in [1.807, 2.05) is 0 Å². The lowest BCUT2D eigenvalue weighted by atomic mass is 10.0. The molecule has 0 bridgehead atoms. The van der Waals surface area contributed by atoms with Gasteiger partial charge in [0.05, 0.1) is 36.3 Å². The third kappa shape index (κ3) is 5.80. The number of fused-ring (bicyclic) bond motifs is 1. The quantitative estimate of drug-likeness (QED) is 0.534. The van der Waals surface area contributed by atoms with Crippen molar-refractivity contribution in [1.82, 2.24) is 19.8 Å². The molecule has 0 radical (unpaired) electrons. The first-order valence-corrected chi connectivity index (χ1v) is 13.7. The number of amides is 1. The highest BCUT2D eigenvalue weighted by Gasteiger charge is 2.37. The van der Waals surface area contributed by atoms with Gasteiger partial charge in [-0.2, -0.15) is 28.4 Å². The number of alkyl halides is 3. The Hall–Kier alpha value is -3.59. The molecule has 214 valence electrons. The zero-order valence-electron chi connectivity index (χ0n) is 22.8. The fourth-order valence-electron chi connectivity index (χ4n) is 6.01. The molecule has 0 unspecified atom stereocenters. The second kappa shape index (κ2) is 11.5. The highest BCUT2D eigenvalue weighted by atomic mass is 19.4. The van der Waals surface area contributed by atoms with Crippen molar-refractivity contribution < 1.29 is 22.7 Å². The van der Waals surface area contributed by atoms with Crippen LogP contribution in [-0.2, 0) is 23.9 Å². The van der Waals surface area contributed by atoms with Crippen LogP contribution in [0.4, 0.5) is 24.7 Å². The zero-order chi connectivity index (χ0) is 28.4. The Bertz CT molecular complexity index is 1280. The monoisotopic (exact) mass is 557 g/mol. The van der Waals surface area contributed by atoms with Crippen molar-refractivity contribution in [3.05, 3.63) is 41.1 Å². The van der Waals surface area contributed by atoms with Crippen LogP contribution in [0.15, 0.2) is 24.3 Å². The van der Waals surface area contributed by atoms with Gasteiger partial charge in [-0.3, -0.25) is 4.79 Å². The molecule has 0 spiro atoms. The SMILES string of the molecule is CC(=O)N1CCN(c2nc(OC[C@@H]3CCCN3C)nc3c2CCN(c2ccccc2C(F)(F)F)C3)C[C@@H]1CC#N. The summed E-state index contributed by atoms with van der Waals surface area (Å²) in [4.78, 5) is 29.4. The second-order valence-electron chi connectivity index (χ2n) is 10.7. The summed E-state index contributed by atoms with van der Waals surface area (Å²) in [5, 5.41) is 9.38. The molecule has 9 nitrogen and oxygen atoms in total. The number of ether oxygens (including phenoxy) is 1. The number of piperazine rings is 1. The van der Waals surface area contributed by atoms with E-state index < -0.39 is 11.7 Å². The van der Waals surface area contributed by atoms with E-state index in [4.69, 9.17) is 14.7 Å². The third-order valence-corrected chi connectivity index (χ3v) is 8.16. The summed E-state index contributed by atoms with van der Waals surface area (Å²) in [6.45, 7) is 4.90. The fraction of sp³-hybridized carbons (Fsp3) is 0.571. The van der Waals surface area contributed by atoms with Gasteiger partial charge in [-0.15, -0.1) is 0 Å². The van der Waals surface area contributed by atoms with Gasteiger partial charge in [0.1, 0.15) is 12.4 Å². The van der Waals surface area contributed by atoms with Gasteiger partial charge in [0.15, 0.2) is 0 Å². The molecule has 1 amide bonds. The summed E-state index contributed by atoms with van der Waals surface area (Å²) in [5.74, 6) is 0.600. The highest BCUT2D eigenvalue weighted by Crippen LogP contribution is 2.39. The molecule has 40 heavy (non-hydrogen) atoms. The topological polar surface area (TPSA) is 88.8 Å². The van der Waals surface area contributed by atoms with Crippen molar-refractivity contribution in [2.24, 2.45) is 0 Å². The molecule has 3 aliphatic rings. The third-order valence-electron chi connectivity index (χ3n) is 8.16. The van der Waals surface area contributed by atoms with E-state index in [-0.39, 0.29) is 42.7 Å². The van der Waals surface area contributed by atoms with Gasteiger partial charge in [0.2, 0.25) is 5.91 Å². The minimum atomic E-state index is -4.47. The van der Waals surface area contributed by atoms with Crippen molar-refractivity contribution in [1.29, 1.82) is 5.26 Å². The Kier molecular flexibility index (Phi) is 8.03. The summed E-state index contributed by atoms with van der Waals surface area (Å²) in [5.41, 5.74) is 0.958. The number of benzene rings is 1. The maximum atomic E-state index is 13.8. The van der Waals surface area contributed by atoms with Crippen LogP contribution >= 0.6 is 0 Å². The number of hydrogen-bond acceptors (Lipinski definition) is 8. The highest BCUT2D eigenvalue weighted by molar-refractivity contribution is 5.74. The Morgan fingerprint density at radius 1 is 1.12 bits per heavy atom. The van der Waals surface area contributed by atoms with Gasteiger partial charge in [0.25, 0.3) is 0 Å². The normalized spacial score (nSPS) is 21.8. The first-order chi connectivity index (χ1) is 19.2. The maximum Gasteiger partial charge on any atom is 0.418 e. The van der Waals surface area contributed by atoms with E-state index in [2.05, 4.69) is 22.9 Å². The van der Waals surface area contributed by atoms with Crippen molar-refractivity contribution in [3.8, 4) is 12.1 Å². The van der Waals surface area contributed by atoms with Crippen LogP contribution in [0.25, 0.3) is 0 Å². The van der Waals surface area contributed by atoms with Gasteiger partial charge in [-0.25, -0.2) is 0 Å². The number of aromatic nitrogens is 2. The number of likely N-dealkylation sites (tertiary alicyclic amines) is 1. The molecule has 1 aromatic carbocycles. The number of para-hydroxylation sites is 1. The molecular formula is C28H34F3N7O2. The van der Waals surface area contributed by atoms with E-state index in [1.54, 1.807) is 15.9 Å². The lowest BCUT2D eigenvalue weighted by molar-refractivity contribution is -0.137. The Morgan fingerprint density at radius 3 is 2.62 bits per heavy atom. The molecule has 4 heterocycles. The molecule has 2 atom stereocenters.